The van der Waals surface area contributed by atoms with Gasteiger partial charge in [0.25, 0.3) is 0 Å². The van der Waals surface area contributed by atoms with Crippen LogP contribution >= 0.6 is 15.9 Å². The van der Waals surface area contributed by atoms with Crippen LogP contribution in [-0.2, 0) is 28.7 Å². The summed E-state index contributed by atoms with van der Waals surface area (Å²) in [5.41, 5.74) is -1.97. The van der Waals surface area contributed by atoms with E-state index in [1.165, 1.54) is 4.90 Å². The molecule has 11 heteroatoms. The maximum atomic E-state index is 14.8. The molecule has 3 fully saturated rings. The van der Waals surface area contributed by atoms with Gasteiger partial charge in [-0.1, -0.05) is 55.8 Å². The minimum atomic E-state index is -1.28. The number of aliphatic hydroxyl groups is 1. The molecule has 0 radical (unpaired) electrons. The fourth-order valence-electron chi connectivity index (χ4n) is 7.63. The van der Waals surface area contributed by atoms with Gasteiger partial charge in [-0.15, -0.1) is 13.2 Å². The van der Waals surface area contributed by atoms with Gasteiger partial charge in [-0.3, -0.25) is 19.2 Å². The van der Waals surface area contributed by atoms with E-state index in [0.717, 1.165) is 0 Å². The van der Waals surface area contributed by atoms with Crippen LogP contribution in [0.2, 0.25) is 0 Å². The summed E-state index contributed by atoms with van der Waals surface area (Å²) in [6.07, 6.45) is 4.31. The van der Waals surface area contributed by atoms with E-state index in [0.29, 0.717) is 25.7 Å². The van der Waals surface area contributed by atoms with Crippen molar-refractivity contribution in [3.8, 4) is 0 Å². The molecule has 0 saturated carbocycles. The third kappa shape index (κ3) is 7.09. The number of halogens is 1. The molecule has 3 heterocycles. The second-order valence-electron chi connectivity index (χ2n) is 14.3. The topological polar surface area (TPSA) is 125 Å². The molecular formula is C33H52BrN3O7. The van der Waals surface area contributed by atoms with Gasteiger partial charge < -0.3 is 29.7 Å². The second-order valence-corrected chi connectivity index (χ2v) is 15.5. The van der Waals surface area contributed by atoms with E-state index in [1.54, 1.807) is 24.0 Å². The van der Waals surface area contributed by atoms with Gasteiger partial charge in [0.15, 0.2) is 0 Å². The van der Waals surface area contributed by atoms with E-state index in [4.69, 9.17) is 9.47 Å². The Bertz CT molecular complexity index is 1120. The van der Waals surface area contributed by atoms with Gasteiger partial charge >= 0.3 is 5.97 Å². The van der Waals surface area contributed by atoms with Crippen LogP contribution in [0.5, 0.6) is 0 Å². The molecule has 44 heavy (non-hydrogen) atoms. The van der Waals surface area contributed by atoms with Crippen molar-refractivity contribution in [2.75, 3.05) is 19.7 Å². The molecule has 3 rings (SSSR count). The zero-order valence-electron chi connectivity index (χ0n) is 27.4. The molecule has 248 valence electrons. The average Bonchev–Trinajstić information content (AvgIpc) is 3.52. The molecule has 1 unspecified atom stereocenters. The van der Waals surface area contributed by atoms with Gasteiger partial charge in [-0.05, 0) is 51.9 Å². The Morgan fingerprint density at radius 3 is 2.45 bits per heavy atom. The lowest BCUT2D eigenvalue weighted by atomic mass is 9.70. The zero-order chi connectivity index (χ0) is 33.2. The summed E-state index contributed by atoms with van der Waals surface area (Å²) in [4.78, 5) is 58.0. The number of carbonyl (C=O) groups is 4. The number of alkyl halides is 1. The Hall–Kier alpha value is -2.24. The number of allylic oxidation sites excluding steroid dienone is 1. The van der Waals surface area contributed by atoms with Crippen LogP contribution in [0, 0.1) is 17.3 Å². The number of amides is 3. The van der Waals surface area contributed by atoms with Crippen molar-refractivity contribution in [2.24, 2.45) is 17.3 Å². The molecular weight excluding hydrogens is 630 g/mol. The lowest BCUT2D eigenvalue weighted by Crippen LogP contribution is -2.62. The summed E-state index contributed by atoms with van der Waals surface area (Å²) in [7, 11) is 0. The highest BCUT2D eigenvalue weighted by Crippen LogP contribution is 2.61. The molecule has 0 aromatic heterocycles. The van der Waals surface area contributed by atoms with E-state index >= 15 is 0 Å². The van der Waals surface area contributed by atoms with Crippen molar-refractivity contribution >= 4 is 39.6 Å². The highest BCUT2D eigenvalue weighted by atomic mass is 79.9. The number of rotatable bonds is 15. The van der Waals surface area contributed by atoms with Gasteiger partial charge in [0, 0.05) is 23.3 Å². The summed E-state index contributed by atoms with van der Waals surface area (Å²) in [6, 6.07) is -1.67. The predicted molar refractivity (Wildman–Crippen MR) is 172 cm³/mol. The maximum absolute atomic E-state index is 14.8. The monoisotopic (exact) mass is 681 g/mol. The van der Waals surface area contributed by atoms with E-state index in [1.807, 2.05) is 20.8 Å². The third-order valence-electron chi connectivity index (χ3n) is 9.06. The number of carbonyl (C=O) groups excluding carboxylic acids is 4. The molecule has 0 aromatic carbocycles. The molecule has 3 saturated heterocycles. The minimum absolute atomic E-state index is 0.0911. The van der Waals surface area contributed by atoms with E-state index in [-0.39, 0.29) is 54.1 Å². The Balaban J connectivity index is 1.99. The quantitative estimate of drug-likeness (QED) is 0.153. The molecule has 0 aromatic rings. The smallest absolute Gasteiger partial charge is 0.312 e. The van der Waals surface area contributed by atoms with Gasteiger partial charge in [0.05, 0.1) is 37.1 Å². The maximum Gasteiger partial charge on any atom is 0.312 e. The van der Waals surface area contributed by atoms with Crippen LogP contribution < -0.4 is 5.32 Å². The van der Waals surface area contributed by atoms with Crippen molar-refractivity contribution in [2.45, 2.75) is 121 Å². The van der Waals surface area contributed by atoms with Crippen LogP contribution in [0.1, 0.15) is 80.6 Å². The van der Waals surface area contributed by atoms with Crippen LogP contribution in [0.15, 0.2) is 25.3 Å². The predicted octanol–water partition coefficient (Wildman–Crippen LogP) is 3.75. The number of hydrogen-bond donors (Lipinski definition) is 2. The molecule has 1 spiro atoms. The average molecular weight is 683 g/mol. The van der Waals surface area contributed by atoms with Crippen molar-refractivity contribution in [3.63, 3.8) is 0 Å². The summed E-state index contributed by atoms with van der Waals surface area (Å²) < 4.78 is 12.4. The van der Waals surface area contributed by atoms with Gasteiger partial charge in [0.1, 0.15) is 17.7 Å². The third-order valence-corrected chi connectivity index (χ3v) is 9.90. The van der Waals surface area contributed by atoms with E-state index in [9.17, 15) is 24.3 Å². The first-order valence-corrected chi connectivity index (χ1v) is 16.7. The summed E-state index contributed by atoms with van der Waals surface area (Å²) in [5.74, 6) is -3.35. The number of nitrogens with zero attached hydrogens (tertiary/aromatic N) is 2. The SMILES string of the molecule is C=CCCC(=O)NC[C@H](C)OC(=O)[C@H]1[C@@H]2O[C@@]3(CC2Br)[C@@H]1C(=O)N([C@@H](CC)CO)[C@@H]3C(=O)N(CC=C)C(C)(C)CC(C)(C)C. The standard InChI is InChI=1S/C33H52BrN3O7/c1-10-13-14-23(39)35-17-20(4)43-30(42)24-25-28(40)37(21(12-3)18-38)27(33(25)16-22(34)26(24)44-33)29(41)36(15-11-2)32(8,9)19-31(5,6)7/h10-11,20-22,24-27,38H,1-2,12-19H2,3-9H3,(H,35,39)/t20-,21-,22?,24+,25-,26+,27+,33-/m0/s1. The highest BCUT2D eigenvalue weighted by Gasteiger charge is 2.77. The summed E-state index contributed by atoms with van der Waals surface area (Å²) in [6.45, 7) is 21.5. The van der Waals surface area contributed by atoms with Gasteiger partial charge in [-0.2, -0.15) is 0 Å². The van der Waals surface area contributed by atoms with Crippen molar-refractivity contribution < 1.29 is 33.8 Å². The van der Waals surface area contributed by atoms with Crippen molar-refractivity contribution in [1.29, 1.82) is 0 Å². The summed E-state index contributed by atoms with van der Waals surface area (Å²) in [5, 5.41) is 13.1. The number of aliphatic hydroxyl groups excluding tert-OH is 1. The lowest BCUT2D eigenvalue weighted by Gasteiger charge is -2.46. The Morgan fingerprint density at radius 2 is 1.91 bits per heavy atom. The lowest BCUT2D eigenvalue weighted by molar-refractivity contribution is -0.160. The molecule has 3 aliphatic heterocycles. The van der Waals surface area contributed by atoms with E-state index in [2.05, 4.69) is 55.2 Å². The normalized spacial score (nSPS) is 29.2. The number of esters is 1. The van der Waals surface area contributed by atoms with Crippen LogP contribution in [0.25, 0.3) is 0 Å². The highest BCUT2D eigenvalue weighted by molar-refractivity contribution is 9.09. The first-order chi connectivity index (χ1) is 20.5. The van der Waals surface area contributed by atoms with Crippen LogP contribution in [0.3, 0.4) is 0 Å². The summed E-state index contributed by atoms with van der Waals surface area (Å²) >= 11 is 3.69. The first-order valence-electron chi connectivity index (χ1n) is 15.7. The second kappa shape index (κ2) is 14.0. The fourth-order valence-corrected chi connectivity index (χ4v) is 8.57. The van der Waals surface area contributed by atoms with Crippen molar-refractivity contribution in [3.05, 3.63) is 25.3 Å². The Morgan fingerprint density at radius 1 is 1.25 bits per heavy atom. The number of nitrogens with one attached hydrogen (secondary N) is 1. The number of ether oxygens (including phenoxy) is 2. The number of likely N-dealkylation sites (tertiary alicyclic amines) is 1. The molecule has 2 bridgehead atoms. The van der Waals surface area contributed by atoms with Crippen LogP contribution in [-0.4, -0.2) is 98.6 Å². The molecule has 3 aliphatic rings. The minimum Gasteiger partial charge on any atom is -0.460 e. The number of hydrogen-bond acceptors (Lipinski definition) is 7. The molecule has 8 atom stereocenters. The van der Waals surface area contributed by atoms with E-state index < -0.39 is 53.2 Å². The van der Waals surface area contributed by atoms with Gasteiger partial charge in [0.2, 0.25) is 17.7 Å². The van der Waals surface area contributed by atoms with Gasteiger partial charge in [-0.25, -0.2) is 0 Å². The largest absolute Gasteiger partial charge is 0.460 e. The molecule has 3 amide bonds. The molecule has 2 N–H and O–H groups in total. The number of fused-ring (bicyclic) bond motifs is 1. The van der Waals surface area contributed by atoms with Crippen molar-refractivity contribution in [1.82, 2.24) is 15.1 Å². The molecule has 0 aliphatic carbocycles. The Labute approximate surface area is 271 Å². The fraction of sp³-hybridized carbons (Fsp3) is 0.758. The zero-order valence-corrected chi connectivity index (χ0v) is 29.0. The molecule has 10 nitrogen and oxygen atoms in total. The Kier molecular flexibility index (Phi) is 11.6. The van der Waals surface area contributed by atoms with Crippen LogP contribution in [0.4, 0.5) is 0 Å². The first kappa shape index (κ1) is 36.2.